The van der Waals surface area contributed by atoms with Crippen LogP contribution in [-0.2, 0) is 6.61 Å². The van der Waals surface area contributed by atoms with Crippen LogP contribution in [0.2, 0.25) is 0 Å². The summed E-state index contributed by atoms with van der Waals surface area (Å²) in [4.78, 5) is 0. The summed E-state index contributed by atoms with van der Waals surface area (Å²) in [6.07, 6.45) is 0. The Morgan fingerprint density at radius 2 is 1.65 bits per heavy atom. The van der Waals surface area contributed by atoms with Gasteiger partial charge in [-0.1, -0.05) is 57.2 Å². The number of methoxy groups -OCH3 is 1. The highest BCUT2D eigenvalue weighted by atomic mass is 35.5. The Bertz CT molecular complexity index is 609. The van der Waals surface area contributed by atoms with Gasteiger partial charge in [-0.3, -0.25) is 0 Å². The van der Waals surface area contributed by atoms with E-state index in [9.17, 15) is 0 Å². The Labute approximate surface area is 145 Å². The molecular formula is C19H26ClNO2. The van der Waals surface area contributed by atoms with Crippen LogP contribution in [0.3, 0.4) is 0 Å². The van der Waals surface area contributed by atoms with Gasteiger partial charge in [0.15, 0.2) is 11.5 Å². The molecule has 0 unspecified atom stereocenters. The molecule has 2 rings (SSSR count). The molecule has 0 fully saturated rings. The number of hydrogen-bond donors (Lipinski definition) is 1. The average Bonchev–Trinajstić information content (AvgIpc) is 2.52. The fraction of sp³-hybridized carbons (Fsp3) is 0.368. The van der Waals surface area contributed by atoms with Crippen LogP contribution in [0, 0.1) is 5.41 Å². The number of benzene rings is 2. The molecule has 0 saturated carbocycles. The van der Waals surface area contributed by atoms with Crippen LogP contribution >= 0.6 is 12.4 Å². The van der Waals surface area contributed by atoms with Crippen molar-refractivity contribution in [3.63, 3.8) is 0 Å². The quantitative estimate of drug-likeness (QED) is 0.858. The predicted molar refractivity (Wildman–Crippen MR) is 97.4 cm³/mol. The van der Waals surface area contributed by atoms with E-state index < -0.39 is 0 Å². The molecule has 2 aromatic rings. The Kier molecular flexibility index (Phi) is 6.92. The third-order valence-electron chi connectivity index (χ3n) is 3.72. The summed E-state index contributed by atoms with van der Waals surface area (Å²) in [5.74, 6) is 1.45. The lowest BCUT2D eigenvalue weighted by molar-refractivity contribution is 0.282. The second kappa shape index (κ2) is 8.23. The summed E-state index contributed by atoms with van der Waals surface area (Å²) >= 11 is 0. The maximum absolute atomic E-state index is 6.31. The minimum Gasteiger partial charge on any atom is -0.493 e. The molecule has 0 aromatic heterocycles. The molecule has 0 heterocycles. The largest absolute Gasteiger partial charge is 0.493 e. The molecule has 1 atom stereocenters. The number of nitrogens with two attached hydrogens (primary N) is 1. The third-order valence-corrected chi connectivity index (χ3v) is 3.72. The highest BCUT2D eigenvalue weighted by molar-refractivity contribution is 5.85. The van der Waals surface area contributed by atoms with Crippen LogP contribution in [0.5, 0.6) is 11.5 Å². The Morgan fingerprint density at radius 3 is 2.22 bits per heavy atom. The van der Waals surface area contributed by atoms with Crippen molar-refractivity contribution in [2.45, 2.75) is 33.4 Å². The topological polar surface area (TPSA) is 44.5 Å². The van der Waals surface area contributed by atoms with Crippen molar-refractivity contribution in [3.8, 4) is 11.5 Å². The first-order chi connectivity index (χ1) is 10.4. The van der Waals surface area contributed by atoms with Crippen molar-refractivity contribution >= 4 is 12.4 Å². The van der Waals surface area contributed by atoms with E-state index >= 15 is 0 Å². The molecule has 23 heavy (non-hydrogen) atoms. The fourth-order valence-electron chi connectivity index (χ4n) is 2.23. The number of hydrogen-bond acceptors (Lipinski definition) is 3. The van der Waals surface area contributed by atoms with E-state index in [0.717, 1.165) is 16.9 Å². The van der Waals surface area contributed by atoms with Gasteiger partial charge in [0.05, 0.1) is 7.11 Å². The molecule has 126 valence electrons. The van der Waals surface area contributed by atoms with Gasteiger partial charge in [-0.15, -0.1) is 12.4 Å². The Hall–Kier alpha value is -1.71. The van der Waals surface area contributed by atoms with Gasteiger partial charge in [-0.05, 0) is 28.7 Å². The summed E-state index contributed by atoms with van der Waals surface area (Å²) in [6.45, 7) is 6.90. The first-order valence-electron chi connectivity index (χ1n) is 7.52. The van der Waals surface area contributed by atoms with Crippen LogP contribution in [0.25, 0.3) is 0 Å². The highest BCUT2D eigenvalue weighted by Crippen LogP contribution is 2.36. The average molecular weight is 336 g/mol. The number of halogens is 1. The van der Waals surface area contributed by atoms with Gasteiger partial charge < -0.3 is 15.2 Å². The van der Waals surface area contributed by atoms with E-state index in [2.05, 4.69) is 20.8 Å². The smallest absolute Gasteiger partial charge is 0.161 e. The molecule has 0 aliphatic heterocycles. The zero-order chi connectivity index (χ0) is 16.2. The minimum atomic E-state index is -0.0513. The maximum atomic E-state index is 6.31. The predicted octanol–water partition coefficient (Wildman–Crippen LogP) is 4.74. The summed E-state index contributed by atoms with van der Waals surface area (Å²) in [6, 6.07) is 15.9. The van der Waals surface area contributed by atoms with Crippen molar-refractivity contribution in [3.05, 3.63) is 59.7 Å². The van der Waals surface area contributed by atoms with Crippen molar-refractivity contribution < 1.29 is 9.47 Å². The van der Waals surface area contributed by atoms with E-state index in [1.807, 2.05) is 48.5 Å². The van der Waals surface area contributed by atoms with Crippen molar-refractivity contribution in [1.29, 1.82) is 0 Å². The van der Waals surface area contributed by atoms with Gasteiger partial charge in [0.25, 0.3) is 0 Å². The summed E-state index contributed by atoms with van der Waals surface area (Å²) in [5, 5.41) is 0. The Balaban J connectivity index is 0.00000264. The number of rotatable bonds is 5. The van der Waals surface area contributed by atoms with Crippen LogP contribution < -0.4 is 15.2 Å². The van der Waals surface area contributed by atoms with E-state index in [1.54, 1.807) is 7.11 Å². The molecule has 0 aliphatic rings. The van der Waals surface area contributed by atoms with Crippen LogP contribution in [0.1, 0.15) is 37.9 Å². The lowest BCUT2D eigenvalue weighted by Crippen LogP contribution is -2.26. The zero-order valence-corrected chi connectivity index (χ0v) is 15.0. The molecule has 3 nitrogen and oxygen atoms in total. The van der Waals surface area contributed by atoms with Crippen LogP contribution in [0.4, 0.5) is 0 Å². The van der Waals surface area contributed by atoms with Gasteiger partial charge in [0, 0.05) is 6.04 Å². The second-order valence-corrected chi connectivity index (χ2v) is 6.53. The lowest BCUT2D eigenvalue weighted by Gasteiger charge is -2.28. The van der Waals surface area contributed by atoms with Gasteiger partial charge in [0.2, 0.25) is 0 Å². The maximum Gasteiger partial charge on any atom is 0.161 e. The molecule has 0 amide bonds. The lowest BCUT2D eigenvalue weighted by atomic mass is 9.83. The van der Waals surface area contributed by atoms with Crippen LogP contribution in [-0.4, -0.2) is 7.11 Å². The first kappa shape index (κ1) is 19.3. The fourth-order valence-corrected chi connectivity index (χ4v) is 2.23. The normalized spacial score (nSPS) is 12.2. The zero-order valence-electron chi connectivity index (χ0n) is 14.2. The van der Waals surface area contributed by atoms with Gasteiger partial charge in [-0.25, -0.2) is 0 Å². The SMILES string of the molecule is COc1cc([C@@H](N)C(C)(C)C)ccc1OCc1ccccc1.Cl. The molecule has 0 aliphatic carbocycles. The Morgan fingerprint density at radius 1 is 1.00 bits per heavy atom. The molecule has 0 bridgehead atoms. The molecule has 0 saturated heterocycles. The third kappa shape index (κ3) is 5.15. The van der Waals surface area contributed by atoms with E-state index in [-0.39, 0.29) is 23.9 Å². The summed E-state index contributed by atoms with van der Waals surface area (Å²) in [5.41, 5.74) is 8.49. The van der Waals surface area contributed by atoms with Crippen molar-refractivity contribution in [1.82, 2.24) is 0 Å². The molecular weight excluding hydrogens is 310 g/mol. The number of ether oxygens (including phenoxy) is 2. The molecule has 4 heteroatoms. The molecule has 0 spiro atoms. The summed E-state index contributed by atoms with van der Waals surface area (Å²) in [7, 11) is 1.65. The molecule has 2 N–H and O–H groups in total. The van der Waals surface area contributed by atoms with Crippen molar-refractivity contribution in [2.75, 3.05) is 7.11 Å². The standard InChI is InChI=1S/C19H25NO2.ClH/c1-19(2,3)18(20)15-10-11-16(17(12-15)21-4)22-13-14-8-6-5-7-9-14;/h5-12,18H,13,20H2,1-4H3;1H/t18-;/m1./s1. The minimum absolute atomic E-state index is 0. The molecule has 2 aromatic carbocycles. The van der Waals surface area contributed by atoms with Crippen molar-refractivity contribution in [2.24, 2.45) is 11.1 Å². The van der Waals surface area contributed by atoms with Gasteiger partial charge >= 0.3 is 0 Å². The van der Waals surface area contributed by atoms with Gasteiger partial charge in [0.1, 0.15) is 6.61 Å². The van der Waals surface area contributed by atoms with Gasteiger partial charge in [-0.2, -0.15) is 0 Å². The summed E-state index contributed by atoms with van der Waals surface area (Å²) < 4.78 is 11.3. The molecule has 0 radical (unpaired) electrons. The first-order valence-corrected chi connectivity index (χ1v) is 7.52. The van der Waals surface area contributed by atoms with E-state index in [4.69, 9.17) is 15.2 Å². The monoisotopic (exact) mass is 335 g/mol. The highest BCUT2D eigenvalue weighted by Gasteiger charge is 2.23. The van der Waals surface area contributed by atoms with E-state index in [1.165, 1.54) is 0 Å². The van der Waals surface area contributed by atoms with Crippen LogP contribution in [0.15, 0.2) is 48.5 Å². The second-order valence-electron chi connectivity index (χ2n) is 6.53. The van der Waals surface area contributed by atoms with E-state index in [0.29, 0.717) is 12.4 Å².